The van der Waals surface area contributed by atoms with Crippen molar-refractivity contribution in [2.75, 3.05) is 13.1 Å². The van der Waals surface area contributed by atoms with Gasteiger partial charge in [0, 0.05) is 25.6 Å². The zero-order chi connectivity index (χ0) is 18.4. The molecule has 1 heterocycles. The molecule has 0 bridgehead atoms. The van der Waals surface area contributed by atoms with Crippen molar-refractivity contribution in [1.82, 2.24) is 9.62 Å². The first-order chi connectivity index (χ1) is 11.8. The highest BCUT2D eigenvalue weighted by Gasteiger charge is 2.36. The van der Waals surface area contributed by atoms with Gasteiger partial charge in [0.2, 0.25) is 15.9 Å². The van der Waals surface area contributed by atoms with E-state index >= 15 is 0 Å². The third-order valence-electron chi connectivity index (χ3n) is 5.97. The molecular weight excluding hydrogens is 336 g/mol. The number of nitrogens with one attached hydrogen (secondary N) is 1. The van der Waals surface area contributed by atoms with E-state index in [2.05, 4.69) is 12.2 Å². The number of nitrogens with zero attached hydrogens (tertiary/aromatic N) is 1. The summed E-state index contributed by atoms with van der Waals surface area (Å²) in [5, 5.41) is 2.85. The molecule has 0 radical (unpaired) electrons. The first kappa shape index (κ1) is 20.7. The highest BCUT2D eigenvalue weighted by molar-refractivity contribution is 7.89. The van der Waals surface area contributed by atoms with E-state index in [1.54, 1.807) is 18.2 Å². The molecule has 0 aromatic heterocycles. The van der Waals surface area contributed by atoms with Gasteiger partial charge in [-0.2, -0.15) is 0 Å². The van der Waals surface area contributed by atoms with E-state index < -0.39 is 10.0 Å². The molecule has 5 nitrogen and oxygen atoms in total. The third kappa shape index (κ3) is 5.68. The second-order valence-electron chi connectivity index (χ2n) is 8.14. The number of sulfonamides is 1. The highest BCUT2D eigenvalue weighted by atomic mass is 32.2. The number of hydrogen-bond acceptors (Lipinski definition) is 3. The topological polar surface area (TPSA) is 66.5 Å². The summed E-state index contributed by atoms with van der Waals surface area (Å²) in [6, 6.07) is 0.113. The fraction of sp³-hybridized carbons (Fsp3) is 0.947. The summed E-state index contributed by atoms with van der Waals surface area (Å²) in [6.45, 7) is 6.60. The summed E-state index contributed by atoms with van der Waals surface area (Å²) in [4.78, 5) is 12.5. The molecule has 6 heteroatoms. The Hall–Kier alpha value is -0.620. The van der Waals surface area contributed by atoms with Crippen LogP contribution in [0.2, 0.25) is 0 Å². The van der Waals surface area contributed by atoms with Crippen molar-refractivity contribution in [2.45, 2.75) is 89.9 Å². The second-order valence-corrected chi connectivity index (χ2v) is 10.6. The minimum Gasteiger partial charge on any atom is -0.353 e. The third-order valence-corrected chi connectivity index (χ3v) is 8.21. The van der Waals surface area contributed by atoms with Gasteiger partial charge >= 0.3 is 0 Å². The van der Waals surface area contributed by atoms with Gasteiger partial charge in [-0.1, -0.05) is 39.0 Å². The lowest BCUT2D eigenvalue weighted by Crippen LogP contribution is -2.53. The number of carbonyl (C=O) groups is 1. The molecule has 1 aliphatic carbocycles. The molecule has 0 spiro atoms. The molecule has 2 aliphatic rings. The van der Waals surface area contributed by atoms with E-state index in [1.807, 2.05) is 0 Å². The van der Waals surface area contributed by atoms with Crippen molar-refractivity contribution < 1.29 is 13.2 Å². The number of amides is 1. The van der Waals surface area contributed by atoms with Crippen LogP contribution in [0.4, 0.5) is 0 Å². The molecule has 146 valence electrons. The van der Waals surface area contributed by atoms with E-state index in [0.717, 1.165) is 12.8 Å². The Morgan fingerprint density at radius 1 is 1.12 bits per heavy atom. The zero-order valence-electron chi connectivity index (χ0n) is 16.2. The average molecular weight is 373 g/mol. The van der Waals surface area contributed by atoms with Crippen LogP contribution in [0, 0.1) is 11.8 Å². The predicted octanol–water partition coefficient (Wildman–Crippen LogP) is 3.30. The van der Waals surface area contributed by atoms with E-state index in [-0.39, 0.29) is 23.1 Å². The van der Waals surface area contributed by atoms with Gasteiger partial charge in [-0.25, -0.2) is 12.7 Å². The lowest BCUT2D eigenvalue weighted by molar-refractivity contribution is -0.123. The van der Waals surface area contributed by atoms with Crippen molar-refractivity contribution in [3.05, 3.63) is 0 Å². The van der Waals surface area contributed by atoms with E-state index in [9.17, 15) is 13.2 Å². The Morgan fingerprint density at radius 2 is 1.76 bits per heavy atom. The molecule has 2 rings (SSSR count). The van der Waals surface area contributed by atoms with Crippen LogP contribution < -0.4 is 5.32 Å². The Balaban J connectivity index is 1.88. The standard InChI is InChI=1S/C19H36N2O3S/c1-4-17-14-21(25(23,24)15(2)3)12-11-18(17)20-19(22)13-16-9-7-5-6-8-10-16/h15-18H,4-14H2,1-3H3,(H,20,22). The van der Waals surface area contributed by atoms with Crippen LogP contribution in [0.15, 0.2) is 0 Å². The molecule has 1 saturated heterocycles. The minimum absolute atomic E-state index is 0.113. The van der Waals surface area contributed by atoms with E-state index in [0.29, 0.717) is 25.4 Å². The van der Waals surface area contributed by atoms with Crippen LogP contribution in [-0.4, -0.2) is 43.0 Å². The van der Waals surface area contributed by atoms with Gasteiger partial charge in [0.25, 0.3) is 0 Å². The lowest BCUT2D eigenvalue weighted by atomic mass is 9.90. The summed E-state index contributed by atoms with van der Waals surface area (Å²) in [7, 11) is -3.20. The second kappa shape index (κ2) is 9.36. The minimum atomic E-state index is -3.20. The molecular formula is C19H36N2O3S. The van der Waals surface area contributed by atoms with Crippen LogP contribution in [0.1, 0.15) is 78.6 Å². The maximum Gasteiger partial charge on any atom is 0.220 e. The highest BCUT2D eigenvalue weighted by Crippen LogP contribution is 2.27. The average Bonchev–Trinajstić information content (AvgIpc) is 2.83. The molecule has 1 aliphatic heterocycles. The fourth-order valence-electron chi connectivity index (χ4n) is 4.23. The van der Waals surface area contributed by atoms with Gasteiger partial charge < -0.3 is 5.32 Å². The van der Waals surface area contributed by atoms with Crippen LogP contribution in [0.5, 0.6) is 0 Å². The van der Waals surface area contributed by atoms with Crippen molar-refractivity contribution in [3.8, 4) is 0 Å². The molecule has 1 saturated carbocycles. The molecule has 0 aromatic carbocycles. The molecule has 0 aromatic rings. The van der Waals surface area contributed by atoms with Crippen molar-refractivity contribution in [1.29, 1.82) is 0 Å². The summed E-state index contributed by atoms with van der Waals surface area (Å²) in [5.41, 5.74) is 0. The van der Waals surface area contributed by atoms with Crippen molar-refractivity contribution >= 4 is 15.9 Å². The van der Waals surface area contributed by atoms with Gasteiger partial charge in [-0.05, 0) is 44.9 Å². The summed E-state index contributed by atoms with van der Waals surface area (Å²) in [6.07, 6.45) is 9.71. The van der Waals surface area contributed by atoms with Crippen LogP contribution in [-0.2, 0) is 14.8 Å². The van der Waals surface area contributed by atoms with Gasteiger partial charge in [-0.15, -0.1) is 0 Å². The van der Waals surface area contributed by atoms with Crippen LogP contribution in [0.3, 0.4) is 0 Å². The maximum absolute atomic E-state index is 12.5. The molecule has 1 amide bonds. The fourth-order valence-corrected chi connectivity index (χ4v) is 5.58. The maximum atomic E-state index is 12.5. The van der Waals surface area contributed by atoms with Gasteiger partial charge in [0.15, 0.2) is 0 Å². The Kier molecular flexibility index (Phi) is 7.74. The van der Waals surface area contributed by atoms with Crippen LogP contribution in [0.25, 0.3) is 0 Å². The monoisotopic (exact) mass is 372 g/mol. The number of hydrogen-bond donors (Lipinski definition) is 1. The first-order valence-corrected chi connectivity index (χ1v) is 11.6. The Morgan fingerprint density at radius 3 is 2.32 bits per heavy atom. The lowest BCUT2D eigenvalue weighted by Gasteiger charge is -2.38. The normalized spacial score (nSPS) is 27.2. The number of rotatable bonds is 6. The van der Waals surface area contributed by atoms with Gasteiger partial charge in [0.1, 0.15) is 0 Å². The van der Waals surface area contributed by atoms with Crippen molar-refractivity contribution in [3.63, 3.8) is 0 Å². The quantitative estimate of drug-likeness (QED) is 0.728. The summed E-state index contributed by atoms with van der Waals surface area (Å²) in [5.74, 6) is 0.903. The van der Waals surface area contributed by atoms with Gasteiger partial charge in [-0.3, -0.25) is 4.79 Å². The zero-order valence-corrected chi connectivity index (χ0v) is 17.0. The molecule has 2 unspecified atom stereocenters. The molecule has 25 heavy (non-hydrogen) atoms. The van der Waals surface area contributed by atoms with E-state index in [1.165, 1.54) is 38.5 Å². The van der Waals surface area contributed by atoms with Crippen molar-refractivity contribution in [2.24, 2.45) is 11.8 Å². The smallest absolute Gasteiger partial charge is 0.220 e. The predicted molar refractivity (Wildman–Crippen MR) is 102 cm³/mol. The largest absolute Gasteiger partial charge is 0.353 e. The van der Waals surface area contributed by atoms with Gasteiger partial charge in [0.05, 0.1) is 5.25 Å². The Labute approximate surface area is 154 Å². The summed E-state index contributed by atoms with van der Waals surface area (Å²) >= 11 is 0. The number of piperidine rings is 1. The summed E-state index contributed by atoms with van der Waals surface area (Å²) < 4.78 is 26.4. The molecule has 1 N–H and O–H groups in total. The Bertz CT molecular complexity index is 525. The number of carbonyl (C=O) groups excluding carboxylic acids is 1. The van der Waals surface area contributed by atoms with Crippen LogP contribution >= 0.6 is 0 Å². The van der Waals surface area contributed by atoms with E-state index in [4.69, 9.17) is 0 Å². The molecule has 2 fully saturated rings. The molecule has 2 atom stereocenters. The SMILES string of the molecule is CCC1CN(S(=O)(=O)C(C)C)CCC1NC(=O)CC1CCCCCC1. The first-order valence-electron chi connectivity index (χ1n) is 10.1.